The number of fused-ring (bicyclic) bond motifs is 3. The molecular formula is C16H10N6O. The van der Waals surface area contributed by atoms with Gasteiger partial charge in [-0.3, -0.25) is 9.78 Å². The Bertz CT molecular complexity index is 1120. The van der Waals surface area contributed by atoms with Crippen molar-refractivity contribution in [2.45, 2.75) is 6.54 Å². The van der Waals surface area contributed by atoms with Crippen molar-refractivity contribution in [2.24, 2.45) is 0 Å². The van der Waals surface area contributed by atoms with Gasteiger partial charge in [0.1, 0.15) is 11.6 Å². The molecule has 23 heavy (non-hydrogen) atoms. The van der Waals surface area contributed by atoms with Crippen molar-refractivity contribution in [1.82, 2.24) is 24.1 Å². The Labute approximate surface area is 130 Å². The summed E-state index contributed by atoms with van der Waals surface area (Å²) in [6, 6.07) is 7.59. The fourth-order valence-electron chi connectivity index (χ4n) is 2.55. The molecule has 110 valence electrons. The van der Waals surface area contributed by atoms with Crippen LogP contribution in [0.5, 0.6) is 0 Å². The molecule has 0 amide bonds. The van der Waals surface area contributed by atoms with Crippen LogP contribution < -0.4 is 5.56 Å². The van der Waals surface area contributed by atoms with Crippen molar-refractivity contribution in [3.8, 4) is 6.07 Å². The van der Waals surface area contributed by atoms with Gasteiger partial charge in [0.15, 0.2) is 5.65 Å². The third-order valence-electron chi connectivity index (χ3n) is 3.66. The smallest absolute Gasteiger partial charge is 0.261 e. The standard InChI is InChI=1S/C16H10N6O/c17-6-12-8-20-22-14-3-5-21(10-11-2-1-4-18-7-11)16(23)13(14)9-19-15(12)22/h1-5,7-9H,10H2. The van der Waals surface area contributed by atoms with Crippen LogP contribution in [0.3, 0.4) is 0 Å². The minimum atomic E-state index is -0.158. The number of nitrogens with zero attached hydrogens (tertiary/aromatic N) is 6. The Morgan fingerprint density at radius 3 is 2.91 bits per heavy atom. The highest BCUT2D eigenvalue weighted by molar-refractivity contribution is 5.80. The summed E-state index contributed by atoms with van der Waals surface area (Å²) in [4.78, 5) is 20.9. The van der Waals surface area contributed by atoms with E-state index in [2.05, 4.69) is 15.1 Å². The Morgan fingerprint density at radius 2 is 2.13 bits per heavy atom. The molecule has 0 aliphatic heterocycles. The predicted molar refractivity (Wildman–Crippen MR) is 82.8 cm³/mol. The SMILES string of the molecule is N#Cc1cnn2c1ncc1c(=O)n(Cc3cccnc3)ccc12. The summed E-state index contributed by atoms with van der Waals surface area (Å²) in [5.74, 6) is 0. The van der Waals surface area contributed by atoms with Crippen LogP contribution in [0, 0.1) is 11.3 Å². The van der Waals surface area contributed by atoms with Crippen molar-refractivity contribution < 1.29 is 0 Å². The minimum absolute atomic E-state index is 0.158. The van der Waals surface area contributed by atoms with E-state index in [-0.39, 0.29) is 5.56 Å². The molecule has 0 radical (unpaired) electrons. The molecule has 0 bridgehead atoms. The molecule has 0 saturated heterocycles. The largest absolute Gasteiger partial charge is 0.310 e. The first-order valence-electron chi connectivity index (χ1n) is 6.93. The third kappa shape index (κ3) is 2.05. The highest BCUT2D eigenvalue weighted by Crippen LogP contribution is 2.14. The number of hydrogen-bond donors (Lipinski definition) is 0. The zero-order valence-corrected chi connectivity index (χ0v) is 11.9. The van der Waals surface area contributed by atoms with Gasteiger partial charge >= 0.3 is 0 Å². The van der Waals surface area contributed by atoms with Gasteiger partial charge in [-0.2, -0.15) is 10.4 Å². The van der Waals surface area contributed by atoms with E-state index in [1.165, 1.54) is 16.9 Å². The lowest BCUT2D eigenvalue weighted by molar-refractivity contribution is 0.762. The van der Waals surface area contributed by atoms with E-state index in [1.807, 2.05) is 18.2 Å². The Balaban J connectivity index is 1.91. The summed E-state index contributed by atoms with van der Waals surface area (Å²) >= 11 is 0. The quantitative estimate of drug-likeness (QED) is 0.558. The molecule has 0 aliphatic carbocycles. The van der Waals surface area contributed by atoms with Crippen molar-refractivity contribution in [3.05, 3.63) is 70.7 Å². The maximum atomic E-state index is 12.6. The lowest BCUT2D eigenvalue weighted by atomic mass is 10.2. The first-order valence-corrected chi connectivity index (χ1v) is 6.93. The monoisotopic (exact) mass is 302 g/mol. The third-order valence-corrected chi connectivity index (χ3v) is 3.66. The fourth-order valence-corrected chi connectivity index (χ4v) is 2.55. The minimum Gasteiger partial charge on any atom is -0.310 e. The van der Waals surface area contributed by atoms with Gasteiger partial charge in [0.25, 0.3) is 5.56 Å². The van der Waals surface area contributed by atoms with E-state index in [4.69, 9.17) is 5.26 Å². The molecule has 4 aromatic rings. The molecule has 7 heteroatoms. The Morgan fingerprint density at radius 1 is 1.22 bits per heavy atom. The van der Waals surface area contributed by atoms with E-state index in [9.17, 15) is 4.79 Å². The zero-order valence-electron chi connectivity index (χ0n) is 11.9. The van der Waals surface area contributed by atoms with Gasteiger partial charge < -0.3 is 4.57 Å². The molecule has 7 nitrogen and oxygen atoms in total. The maximum absolute atomic E-state index is 12.6. The summed E-state index contributed by atoms with van der Waals surface area (Å²) in [5.41, 5.74) is 2.24. The van der Waals surface area contributed by atoms with Crippen LogP contribution in [0.25, 0.3) is 16.6 Å². The van der Waals surface area contributed by atoms with Gasteiger partial charge in [-0.25, -0.2) is 9.50 Å². The highest BCUT2D eigenvalue weighted by Gasteiger charge is 2.11. The molecule has 4 aromatic heterocycles. The van der Waals surface area contributed by atoms with Crippen molar-refractivity contribution in [2.75, 3.05) is 0 Å². The van der Waals surface area contributed by atoms with E-state index >= 15 is 0 Å². The first-order chi connectivity index (χ1) is 11.3. The number of nitriles is 1. The number of pyridine rings is 2. The summed E-state index contributed by atoms with van der Waals surface area (Å²) in [6.45, 7) is 0.434. The molecule has 0 aliphatic rings. The molecule has 0 N–H and O–H groups in total. The molecule has 0 spiro atoms. The van der Waals surface area contributed by atoms with Gasteiger partial charge in [0.05, 0.1) is 23.6 Å². The molecule has 0 fully saturated rings. The van der Waals surface area contributed by atoms with E-state index in [1.54, 1.807) is 29.2 Å². The van der Waals surface area contributed by atoms with Crippen LogP contribution in [0.4, 0.5) is 0 Å². The second kappa shape index (κ2) is 5.03. The molecule has 0 unspecified atom stereocenters. The second-order valence-electron chi connectivity index (χ2n) is 5.07. The molecule has 0 aromatic carbocycles. The normalized spacial score (nSPS) is 10.9. The zero-order chi connectivity index (χ0) is 15.8. The number of rotatable bonds is 2. The summed E-state index contributed by atoms with van der Waals surface area (Å²) < 4.78 is 3.12. The van der Waals surface area contributed by atoms with E-state index in [0.717, 1.165) is 5.56 Å². The van der Waals surface area contributed by atoms with Crippen LogP contribution in [0.2, 0.25) is 0 Å². The van der Waals surface area contributed by atoms with Gasteiger partial charge in [0, 0.05) is 24.8 Å². The van der Waals surface area contributed by atoms with Gasteiger partial charge in [-0.1, -0.05) is 6.07 Å². The van der Waals surface area contributed by atoms with Gasteiger partial charge in [-0.05, 0) is 17.7 Å². The average Bonchev–Trinajstić information content (AvgIpc) is 3.01. The van der Waals surface area contributed by atoms with Crippen LogP contribution >= 0.6 is 0 Å². The van der Waals surface area contributed by atoms with Gasteiger partial charge in [0.2, 0.25) is 0 Å². The number of aromatic nitrogens is 5. The van der Waals surface area contributed by atoms with Crippen LogP contribution in [0.15, 0.2) is 54.0 Å². The summed E-state index contributed by atoms with van der Waals surface area (Å²) in [6.07, 6.45) is 8.08. The van der Waals surface area contributed by atoms with Crippen molar-refractivity contribution in [1.29, 1.82) is 5.26 Å². The van der Waals surface area contributed by atoms with Crippen molar-refractivity contribution in [3.63, 3.8) is 0 Å². The van der Waals surface area contributed by atoms with Crippen LogP contribution in [0.1, 0.15) is 11.1 Å². The molecule has 0 saturated carbocycles. The highest BCUT2D eigenvalue weighted by atomic mass is 16.1. The number of hydrogen-bond acceptors (Lipinski definition) is 5. The molecular weight excluding hydrogens is 292 g/mol. The molecule has 4 heterocycles. The Hall–Kier alpha value is -3.53. The topological polar surface area (TPSA) is 88.9 Å². The average molecular weight is 302 g/mol. The van der Waals surface area contributed by atoms with E-state index in [0.29, 0.717) is 28.7 Å². The summed E-state index contributed by atoms with van der Waals surface area (Å²) in [5, 5.41) is 13.6. The lowest BCUT2D eigenvalue weighted by Gasteiger charge is -2.07. The summed E-state index contributed by atoms with van der Waals surface area (Å²) in [7, 11) is 0. The maximum Gasteiger partial charge on any atom is 0.261 e. The fraction of sp³-hybridized carbons (Fsp3) is 0.0625. The molecule has 4 rings (SSSR count). The van der Waals surface area contributed by atoms with E-state index < -0.39 is 0 Å². The Kier molecular flexibility index (Phi) is 2.88. The molecule has 0 atom stereocenters. The van der Waals surface area contributed by atoms with Gasteiger partial charge in [-0.15, -0.1) is 0 Å². The van der Waals surface area contributed by atoms with Crippen molar-refractivity contribution >= 4 is 16.6 Å². The van der Waals surface area contributed by atoms with Crippen LogP contribution in [-0.2, 0) is 6.54 Å². The second-order valence-corrected chi connectivity index (χ2v) is 5.07. The predicted octanol–water partition coefficient (Wildman–Crippen LogP) is 1.36. The lowest BCUT2D eigenvalue weighted by Crippen LogP contribution is -2.21. The first kappa shape index (κ1) is 13.2. The van der Waals surface area contributed by atoms with Crippen LogP contribution in [-0.4, -0.2) is 24.1 Å².